The van der Waals surface area contributed by atoms with Gasteiger partial charge in [-0.1, -0.05) is 37.6 Å². The molecule has 4 N–H and O–H groups in total. The van der Waals surface area contributed by atoms with E-state index in [0.29, 0.717) is 11.5 Å². The lowest BCUT2D eigenvalue weighted by Crippen LogP contribution is -2.12. The Labute approximate surface area is 186 Å². The summed E-state index contributed by atoms with van der Waals surface area (Å²) in [5, 5.41) is 0. The van der Waals surface area contributed by atoms with Crippen molar-refractivity contribution in [2.24, 2.45) is 0 Å². The first kappa shape index (κ1) is 21.1. The summed E-state index contributed by atoms with van der Waals surface area (Å²) in [6.45, 7) is 2.15. The second kappa shape index (κ2) is 9.34. The average molecular weight is 425 g/mol. The van der Waals surface area contributed by atoms with Crippen LogP contribution < -0.4 is 11.5 Å². The maximum Gasteiger partial charge on any atom is 0.189 e. The minimum atomic E-state index is -0.226. The number of rotatable bonds is 7. The highest BCUT2D eigenvalue weighted by atomic mass is 16.1. The number of hydrogen-bond donors (Lipinski definition) is 2. The number of nitrogens with zero attached hydrogens (tertiary/aromatic N) is 4. The molecule has 3 heterocycles. The molecule has 0 aliphatic carbocycles. The molecular weight excluding hydrogens is 400 g/mol. The molecule has 160 valence electrons. The van der Waals surface area contributed by atoms with Crippen molar-refractivity contribution in [1.82, 2.24) is 19.9 Å². The third kappa shape index (κ3) is 4.62. The molecule has 3 aromatic heterocycles. The lowest BCUT2D eigenvalue weighted by atomic mass is 9.98. The van der Waals surface area contributed by atoms with Gasteiger partial charge in [-0.3, -0.25) is 9.78 Å². The molecule has 4 aromatic rings. The fourth-order valence-corrected chi connectivity index (χ4v) is 3.60. The van der Waals surface area contributed by atoms with Crippen LogP contribution in [0.2, 0.25) is 0 Å². The van der Waals surface area contributed by atoms with Crippen molar-refractivity contribution in [3.8, 4) is 22.4 Å². The van der Waals surface area contributed by atoms with E-state index in [2.05, 4.69) is 39.0 Å². The van der Waals surface area contributed by atoms with Gasteiger partial charge in [0.1, 0.15) is 11.5 Å². The Bertz CT molecular complexity index is 1250. The first-order valence-corrected chi connectivity index (χ1v) is 10.4. The highest BCUT2D eigenvalue weighted by Gasteiger charge is 2.18. The summed E-state index contributed by atoms with van der Waals surface area (Å²) in [7, 11) is 0. The molecule has 0 aliphatic rings. The molecule has 0 bridgehead atoms. The Morgan fingerprint density at radius 1 is 0.938 bits per heavy atom. The van der Waals surface area contributed by atoms with E-state index < -0.39 is 0 Å². The van der Waals surface area contributed by atoms with Gasteiger partial charge >= 0.3 is 0 Å². The van der Waals surface area contributed by atoms with Crippen molar-refractivity contribution < 1.29 is 4.79 Å². The van der Waals surface area contributed by atoms with E-state index in [4.69, 9.17) is 11.5 Å². The number of aryl methyl sites for hydroxylation is 1. The first-order chi connectivity index (χ1) is 15.5. The number of carbonyl (C=O) groups is 1. The van der Waals surface area contributed by atoms with Gasteiger partial charge in [-0.05, 0) is 46.9 Å². The fourth-order valence-electron chi connectivity index (χ4n) is 3.60. The van der Waals surface area contributed by atoms with Gasteiger partial charge in [-0.15, -0.1) is 0 Å². The van der Waals surface area contributed by atoms with Crippen LogP contribution in [0.3, 0.4) is 0 Å². The van der Waals surface area contributed by atoms with Gasteiger partial charge in [-0.2, -0.15) is 0 Å². The van der Waals surface area contributed by atoms with Gasteiger partial charge in [0.05, 0.1) is 11.9 Å². The van der Waals surface area contributed by atoms with E-state index >= 15 is 0 Å². The van der Waals surface area contributed by atoms with Crippen LogP contribution in [0.4, 0.5) is 11.6 Å². The Hall–Kier alpha value is -4.13. The standard InChI is InChI=1S/C25H24N6O/c1-2-3-16-4-6-17(7-5-16)21-15-30-25(27)24(31-21)22(32)12-19-14-28-10-9-20(19)18-8-11-29-23(26)13-18/h4-11,13-15H,2-3,12H2,1H3,(H2,26,29)(H2,27,30). The summed E-state index contributed by atoms with van der Waals surface area (Å²) in [5.41, 5.74) is 17.2. The van der Waals surface area contributed by atoms with Gasteiger partial charge in [0.25, 0.3) is 0 Å². The molecule has 7 nitrogen and oxygen atoms in total. The van der Waals surface area contributed by atoms with Crippen molar-refractivity contribution in [3.05, 3.63) is 84.1 Å². The van der Waals surface area contributed by atoms with E-state index in [9.17, 15) is 4.79 Å². The quantitative estimate of drug-likeness (QED) is 0.428. The van der Waals surface area contributed by atoms with Crippen LogP contribution in [0.1, 0.15) is 35.0 Å². The van der Waals surface area contributed by atoms with Gasteiger partial charge in [0, 0.05) is 30.6 Å². The van der Waals surface area contributed by atoms with Crippen LogP contribution in [0.25, 0.3) is 22.4 Å². The second-order valence-corrected chi connectivity index (χ2v) is 7.54. The number of ketones is 1. The number of anilines is 2. The smallest absolute Gasteiger partial charge is 0.189 e. The SMILES string of the molecule is CCCc1ccc(-c2cnc(N)c(C(=O)Cc3cnccc3-c3ccnc(N)c3)n2)cc1. The normalized spacial score (nSPS) is 10.8. The zero-order valence-electron chi connectivity index (χ0n) is 17.8. The van der Waals surface area contributed by atoms with Crippen LogP contribution in [-0.2, 0) is 12.8 Å². The summed E-state index contributed by atoms with van der Waals surface area (Å²) < 4.78 is 0. The minimum absolute atomic E-state index is 0.0865. The number of nitrogens with two attached hydrogens (primary N) is 2. The Morgan fingerprint density at radius 3 is 2.50 bits per heavy atom. The molecule has 0 atom stereocenters. The van der Waals surface area contributed by atoms with E-state index in [1.807, 2.05) is 24.3 Å². The van der Waals surface area contributed by atoms with Gasteiger partial charge in [0.15, 0.2) is 11.6 Å². The predicted octanol–water partition coefficient (Wildman–Crippen LogP) is 4.14. The third-order valence-electron chi connectivity index (χ3n) is 5.20. The summed E-state index contributed by atoms with van der Waals surface area (Å²) >= 11 is 0. The van der Waals surface area contributed by atoms with Gasteiger partial charge < -0.3 is 11.5 Å². The largest absolute Gasteiger partial charge is 0.384 e. The molecule has 0 spiro atoms. The molecule has 4 rings (SSSR count). The molecule has 32 heavy (non-hydrogen) atoms. The zero-order chi connectivity index (χ0) is 22.5. The number of benzene rings is 1. The molecular formula is C25H24N6O. The number of aromatic nitrogens is 4. The number of Topliss-reactive ketones (excluding diaryl/α,β-unsaturated/α-hetero) is 1. The summed E-state index contributed by atoms with van der Waals surface area (Å²) in [4.78, 5) is 30.1. The van der Waals surface area contributed by atoms with Gasteiger partial charge in [0.2, 0.25) is 0 Å². The summed E-state index contributed by atoms with van der Waals surface area (Å²) in [5.74, 6) is 0.292. The zero-order valence-corrected chi connectivity index (χ0v) is 17.8. The monoisotopic (exact) mass is 424 g/mol. The average Bonchev–Trinajstić information content (AvgIpc) is 2.80. The summed E-state index contributed by atoms with van der Waals surface area (Å²) in [6.07, 6.45) is 8.77. The van der Waals surface area contributed by atoms with E-state index in [1.54, 1.807) is 30.9 Å². The third-order valence-corrected chi connectivity index (χ3v) is 5.20. The van der Waals surface area contributed by atoms with E-state index in [0.717, 1.165) is 35.1 Å². The molecule has 0 saturated heterocycles. The maximum absolute atomic E-state index is 13.2. The molecule has 0 amide bonds. The Kier molecular flexibility index (Phi) is 6.17. The van der Waals surface area contributed by atoms with Crippen LogP contribution in [0, 0.1) is 0 Å². The van der Waals surface area contributed by atoms with Crippen LogP contribution in [0.5, 0.6) is 0 Å². The number of nitrogen functional groups attached to an aromatic ring is 2. The van der Waals surface area contributed by atoms with Crippen LogP contribution in [-0.4, -0.2) is 25.7 Å². The number of carbonyl (C=O) groups excluding carboxylic acids is 1. The van der Waals surface area contributed by atoms with Crippen molar-refractivity contribution in [1.29, 1.82) is 0 Å². The Balaban J connectivity index is 1.63. The van der Waals surface area contributed by atoms with Crippen molar-refractivity contribution >= 4 is 17.4 Å². The number of hydrogen-bond acceptors (Lipinski definition) is 7. The number of pyridine rings is 2. The molecule has 0 fully saturated rings. The Morgan fingerprint density at radius 2 is 1.75 bits per heavy atom. The van der Waals surface area contributed by atoms with Crippen LogP contribution >= 0.6 is 0 Å². The molecule has 7 heteroatoms. The highest BCUT2D eigenvalue weighted by Crippen LogP contribution is 2.26. The fraction of sp³-hybridized carbons (Fsp3) is 0.160. The minimum Gasteiger partial charge on any atom is -0.384 e. The van der Waals surface area contributed by atoms with Crippen LogP contribution in [0.15, 0.2) is 67.3 Å². The van der Waals surface area contributed by atoms with E-state index in [-0.39, 0.29) is 23.7 Å². The highest BCUT2D eigenvalue weighted by molar-refractivity contribution is 6.00. The molecule has 0 aliphatic heterocycles. The topological polar surface area (TPSA) is 121 Å². The lowest BCUT2D eigenvalue weighted by Gasteiger charge is -2.10. The van der Waals surface area contributed by atoms with Gasteiger partial charge in [-0.25, -0.2) is 15.0 Å². The maximum atomic E-state index is 13.2. The van der Waals surface area contributed by atoms with Crippen molar-refractivity contribution in [3.63, 3.8) is 0 Å². The first-order valence-electron chi connectivity index (χ1n) is 10.4. The van der Waals surface area contributed by atoms with Crippen molar-refractivity contribution in [2.45, 2.75) is 26.2 Å². The predicted molar refractivity (Wildman–Crippen MR) is 126 cm³/mol. The molecule has 0 unspecified atom stereocenters. The lowest BCUT2D eigenvalue weighted by molar-refractivity contribution is 0.0989. The molecule has 0 radical (unpaired) electrons. The molecule has 1 aromatic carbocycles. The second-order valence-electron chi connectivity index (χ2n) is 7.54. The van der Waals surface area contributed by atoms with Crippen molar-refractivity contribution in [2.75, 3.05) is 11.5 Å². The molecule has 0 saturated carbocycles. The van der Waals surface area contributed by atoms with E-state index in [1.165, 1.54) is 5.56 Å². The summed E-state index contributed by atoms with van der Waals surface area (Å²) in [6, 6.07) is 13.6.